The second-order valence-electron chi connectivity index (χ2n) is 6.71. The van der Waals surface area contributed by atoms with E-state index in [2.05, 4.69) is 5.32 Å². The quantitative estimate of drug-likeness (QED) is 0.561. The molecule has 9 heteroatoms. The molecular formula is C22H28N2O6S. The van der Waals surface area contributed by atoms with Crippen LogP contribution >= 0.6 is 0 Å². The Hall–Kier alpha value is -2.91. The summed E-state index contributed by atoms with van der Waals surface area (Å²) < 4.78 is 37.5. The summed E-state index contributed by atoms with van der Waals surface area (Å²) in [5, 5.41) is 2.70. The molecule has 8 nitrogen and oxygen atoms in total. The van der Waals surface area contributed by atoms with Crippen molar-refractivity contribution < 1.29 is 27.5 Å². The third-order valence-electron chi connectivity index (χ3n) is 4.69. The van der Waals surface area contributed by atoms with Crippen LogP contribution in [0.15, 0.2) is 53.4 Å². The lowest BCUT2D eigenvalue weighted by atomic mass is 10.2. The predicted molar refractivity (Wildman–Crippen MR) is 116 cm³/mol. The number of rotatable bonds is 10. The summed E-state index contributed by atoms with van der Waals surface area (Å²) in [5.41, 5.74) is 0.921. The van der Waals surface area contributed by atoms with E-state index in [4.69, 9.17) is 9.47 Å². The highest BCUT2D eigenvalue weighted by Gasteiger charge is 2.28. The average molecular weight is 449 g/mol. The van der Waals surface area contributed by atoms with Crippen LogP contribution in [0.5, 0.6) is 5.75 Å². The first-order valence-electron chi connectivity index (χ1n) is 9.95. The van der Waals surface area contributed by atoms with Gasteiger partial charge in [0.05, 0.1) is 12.7 Å². The highest BCUT2D eigenvalue weighted by atomic mass is 32.2. The van der Waals surface area contributed by atoms with Crippen molar-refractivity contribution in [1.82, 2.24) is 9.62 Å². The zero-order chi connectivity index (χ0) is 23.0. The SMILES string of the molecule is CCN(CC)S(=O)(=O)c1cc(C(=O)OC(C)C(=O)NCc2ccccc2)ccc1OC. The molecule has 0 spiro atoms. The highest BCUT2D eigenvalue weighted by Crippen LogP contribution is 2.28. The summed E-state index contributed by atoms with van der Waals surface area (Å²) in [6, 6.07) is 13.3. The van der Waals surface area contributed by atoms with Gasteiger partial charge < -0.3 is 14.8 Å². The number of nitrogens with zero attached hydrogens (tertiary/aromatic N) is 1. The fourth-order valence-corrected chi connectivity index (χ4v) is 4.56. The zero-order valence-electron chi connectivity index (χ0n) is 18.1. The number of amides is 1. The second kappa shape index (κ2) is 10.9. The molecule has 2 rings (SSSR count). The van der Waals surface area contributed by atoms with Gasteiger partial charge in [-0.1, -0.05) is 44.2 Å². The molecule has 2 aromatic rings. The number of nitrogens with one attached hydrogen (secondary N) is 1. The van der Waals surface area contributed by atoms with Gasteiger partial charge in [-0.3, -0.25) is 4.79 Å². The number of hydrogen-bond acceptors (Lipinski definition) is 6. The maximum Gasteiger partial charge on any atom is 0.338 e. The molecule has 0 radical (unpaired) electrons. The molecule has 1 atom stereocenters. The number of carbonyl (C=O) groups is 2. The van der Waals surface area contributed by atoms with Crippen LogP contribution in [-0.4, -0.2) is 50.9 Å². The second-order valence-corrected chi connectivity index (χ2v) is 8.61. The van der Waals surface area contributed by atoms with Gasteiger partial charge in [-0.2, -0.15) is 4.31 Å². The highest BCUT2D eigenvalue weighted by molar-refractivity contribution is 7.89. The molecule has 0 heterocycles. The molecule has 0 aliphatic heterocycles. The Morgan fingerprint density at radius 1 is 1.06 bits per heavy atom. The summed E-state index contributed by atoms with van der Waals surface area (Å²) in [6.45, 7) is 5.75. The van der Waals surface area contributed by atoms with Crippen LogP contribution in [0.2, 0.25) is 0 Å². The number of hydrogen-bond donors (Lipinski definition) is 1. The topological polar surface area (TPSA) is 102 Å². The largest absolute Gasteiger partial charge is 0.495 e. The lowest BCUT2D eigenvalue weighted by Crippen LogP contribution is -2.35. The minimum absolute atomic E-state index is 0.00856. The van der Waals surface area contributed by atoms with E-state index in [1.807, 2.05) is 30.3 Å². The lowest BCUT2D eigenvalue weighted by Gasteiger charge is -2.20. The van der Waals surface area contributed by atoms with E-state index in [0.29, 0.717) is 6.54 Å². The van der Waals surface area contributed by atoms with Crippen molar-refractivity contribution >= 4 is 21.9 Å². The Kier molecular flexibility index (Phi) is 8.58. The van der Waals surface area contributed by atoms with Crippen molar-refractivity contribution in [3.05, 3.63) is 59.7 Å². The Labute approximate surface area is 183 Å². The monoisotopic (exact) mass is 448 g/mol. The number of esters is 1. The Morgan fingerprint density at radius 3 is 2.29 bits per heavy atom. The number of benzene rings is 2. The van der Waals surface area contributed by atoms with Gasteiger partial charge in [-0.05, 0) is 30.7 Å². The van der Waals surface area contributed by atoms with Crippen LogP contribution in [0.1, 0.15) is 36.7 Å². The number of ether oxygens (including phenoxy) is 2. The van der Waals surface area contributed by atoms with Crippen molar-refractivity contribution in [3.8, 4) is 5.75 Å². The van der Waals surface area contributed by atoms with E-state index >= 15 is 0 Å². The van der Waals surface area contributed by atoms with Crippen molar-refractivity contribution in [2.24, 2.45) is 0 Å². The number of methoxy groups -OCH3 is 1. The van der Waals surface area contributed by atoms with Gasteiger partial charge in [-0.15, -0.1) is 0 Å². The molecule has 0 fully saturated rings. The van der Waals surface area contributed by atoms with Crippen molar-refractivity contribution in [2.75, 3.05) is 20.2 Å². The van der Waals surface area contributed by atoms with E-state index in [9.17, 15) is 18.0 Å². The Bertz CT molecular complexity index is 1000. The molecule has 0 saturated carbocycles. The van der Waals surface area contributed by atoms with Gasteiger partial charge in [0.25, 0.3) is 5.91 Å². The standard InChI is InChI=1S/C22H28N2O6S/c1-5-24(6-2)31(27,28)20-14-18(12-13-19(20)29-4)22(26)30-16(3)21(25)23-15-17-10-8-7-9-11-17/h7-14,16H,5-6,15H2,1-4H3,(H,23,25). The van der Waals surface area contributed by atoms with Crippen LogP contribution in [0.25, 0.3) is 0 Å². The summed E-state index contributed by atoms with van der Waals surface area (Å²) >= 11 is 0. The summed E-state index contributed by atoms with van der Waals surface area (Å²) in [6.07, 6.45) is -1.05. The van der Waals surface area contributed by atoms with E-state index < -0.39 is 28.0 Å². The summed E-state index contributed by atoms with van der Waals surface area (Å²) in [5.74, 6) is -1.14. The van der Waals surface area contributed by atoms with Crippen LogP contribution in [0.3, 0.4) is 0 Å². The first-order chi connectivity index (χ1) is 14.7. The van der Waals surface area contributed by atoms with Crippen LogP contribution < -0.4 is 10.1 Å². The lowest BCUT2D eigenvalue weighted by molar-refractivity contribution is -0.129. The van der Waals surface area contributed by atoms with Crippen molar-refractivity contribution in [2.45, 2.75) is 38.3 Å². The number of carbonyl (C=O) groups excluding carboxylic acids is 2. The summed E-state index contributed by atoms with van der Waals surface area (Å²) in [7, 11) is -2.51. The van der Waals surface area contributed by atoms with Gasteiger partial charge in [0.15, 0.2) is 6.10 Å². The van der Waals surface area contributed by atoms with Crippen LogP contribution in [0, 0.1) is 0 Å². The van der Waals surface area contributed by atoms with E-state index in [1.54, 1.807) is 13.8 Å². The molecule has 31 heavy (non-hydrogen) atoms. The van der Waals surface area contributed by atoms with Gasteiger partial charge >= 0.3 is 5.97 Å². The molecule has 1 unspecified atom stereocenters. The Morgan fingerprint density at radius 2 is 1.71 bits per heavy atom. The molecular weight excluding hydrogens is 420 g/mol. The third kappa shape index (κ3) is 6.05. The van der Waals surface area contributed by atoms with Gasteiger partial charge in [-0.25, -0.2) is 13.2 Å². The minimum atomic E-state index is -3.86. The maximum atomic E-state index is 12.9. The predicted octanol–water partition coefficient (Wildman–Crippen LogP) is 2.59. The van der Waals surface area contributed by atoms with Crippen LogP contribution in [0.4, 0.5) is 0 Å². The zero-order valence-corrected chi connectivity index (χ0v) is 18.9. The van der Waals surface area contributed by atoms with E-state index in [1.165, 1.54) is 36.5 Å². The van der Waals surface area contributed by atoms with Crippen LogP contribution in [-0.2, 0) is 26.1 Å². The molecule has 1 N–H and O–H groups in total. The average Bonchev–Trinajstić information content (AvgIpc) is 2.78. The van der Waals surface area contributed by atoms with Gasteiger partial charge in [0.2, 0.25) is 10.0 Å². The molecule has 168 valence electrons. The third-order valence-corrected chi connectivity index (χ3v) is 6.76. The summed E-state index contributed by atoms with van der Waals surface area (Å²) in [4.78, 5) is 24.7. The molecule has 2 aromatic carbocycles. The molecule has 0 saturated heterocycles. The van der Waals surface area contributed by atoms with Crippen molar-refractivity contribution in [1.29, 1.82) is 0 Å². The van der Waals surface area contributed by atoms with Gasteiger partial charge in [0.1, 0.15) is 10.6 Å². The van der Waals surface area contributed by atoms with E-state index in [0.717, 1.165) is 5.56 Å². The van der Waals surface area contributed by atoms with Crippen molar-refractivity contribution in [3.63, 3.8) is 0 Å². The normalized spacial score (nSPS) is 12.3. The fourth-order valence-electron chi connectivity index (χ4n) is 2.92. The first kappa shape index (κ1) is 24.4. The first-order valence-corrected chi connectivity index (χ1v) is 11.4. The molecule has 0 aromatic heterocycles. The van der Waals surface area contributed by atoms with Gasteiger partial charge in [0, 0.05) is 19.6 Å². The molecule has 0 aliphatic rings. The fraction of sp³-hybridized carbons (Fsp3) is 0.364. The van der Waals surface area contributed by atoms with E-state index in [-0.39, 0.29) is 29.3 Å². The number of sulfonamides is 1. The molecule has 0 aliphatic carbocycles. The Balaban J connectivity index is 2.15. The smallest absolute Gasteiger partial charge is 0.338 e. The minimum Gasteiger partial charge on any atom is -0.495 e. The maximum absolute atomic E-state index is 12.9. The molecule has 1 amide bonds. The molecule has 0 bridgehead atoms.